The van der Waals surface area contributed by atoms with Crippen LogP contribution in [0.5, 0.6) is 0 Å². The molecule has 0 heterocycles. The monoisotopic (exact) mass is 510 g/mol. The van der Waals surface area contributed by atoms with E-state index in [9.17, 15) is 9.90 Å². The zero-order chi connectivity index (χ0) is 26.7. The van der Waals surface area contributed by atoms with Crippen LogP contribution in [-0.4, -0.2) is 11.1 Å². The van der Waals surface area contributed by atoms with Gasteiger partial charge in [-0.25, -0.2) is 0 Å². The number of benzene rings is 3. The predicted molar refractivity (Wildman–Crippen MR) is 161 cm³/mol. The molecule has 0 amide bonds. The third-order valence-corrected chi connectivity index (χ3v) is 8.70. The average Bonchev–Trinajstić information content (AvgIpc) is 2.96. The number of rotatable bonds is 13. The highest BCUT2D eigenvalue weighted by Crippen LogP contribution is 2.39. The number of aliphatic carboxylic acids is 1. The van der Waals surface area contributed by atoms with Gasteiger partial charge in [0.15, 0.2) is 0 Å². The molecule has 2 nitrogen and oxygen atoms in total. The summed E-state index contributed by atoms with van der Waals surface area (Å²) in [5.74, 6) is 0.809. The fourth-order valence-corrected chi connectivity index (χ4v) is 6.34. The van der Waals surface area contributed by atoms with Gasteiger partial charge in [0, 0.05) is 0 Å². The normalized spacial score (nSPS) is 18.3. The number of unbranched alkanes of at least 4 members (excludes halogenated alkanes) is 1. The first-order valence-electron chi connectivity index (χ1n) is 15.1. The first-order valence-corrected chi connectivity index (χ1v) is 15.1. The second-order valence-electron chi connectivity index (χ2n) is 11.4. The Morgan fingerprint density at radius 1 is 0.763 bits per heavy atom. The summed E-state index contributed by atoms with van der Waals surface area (Å²) >= 11 is 0. The van der Waals surface area contributed by atoms with Crippen molar-refractivity contribution >= 4 is 5.97 Å². The van der Waals surface area contributed by atoms with Gasteiger partial charge in [0.25, 0.3) is 0 Å². The summed E-state index contributed by atoms with van der Waals surface area (Å²) in [5.41, 5.74) is 7.83. The maximum atomic E-state index is 11.4. The summed E-state index contributed by atoms with van der Waals surface area (Å²) in [6, 6.07) is 27.0. The summed E-state index contributed by atoms with van der Waals surface area (Å²) in [5, 5.41) is 9.40. The van der Waals surface area contributed by atoms with E-state index in [-0.39, 0.29) is 5.92 Å². The zero-order valence-electron chi connectivity index (χ0n) is 23.5. The third-order valence-electron chi connectivity index (χ3n) is 8.70. The molecule has 0 radical (unpaired) electrons. The number of hydrogen-bond acceptors (Lipinski definition) is 1. The van der Waals surface area contributed by atoms with Crippen LogP contribution in [0.15, 0.2) is 72.8 Å². The third kappa shape index (κ3) is 7.59. The number of hydrogen-bond donors (Lipinski definition) is 1. The standard InChI is InChI=1S/C36H46O2/c1-3-5-10-27-15-19-29(20-16-27)30-23-25-32(26-24-30)35-14-7-6-13-34(35)31-21-17-28(18-22-31)11-8-12-33(9-4-2)36(37)38/h6-7,13-14,17-18,21-27,29,33H,3-5,8-12,15-16,19-20H2,1-2H3,(H,37,38)/t27-,29-,33?. The molecule has 1 saturated carbocycles. The Balaban J connectivity index is 1.39. The SMILES string of the molecule is CCCC[C@H]1CC[C@H](c2ccc(-c3ccccc3-c3ccc(CCCC(CCC)C(=O)O)cc3)cc2)CC1. The van der Waals surface area contributed by atoms with Gasteiger partial charge >= 0.3 is 5.97 Å². The minimum Gasteiger partial charge on any atom is -0.481 e. The van der Waals surface area contributed by atoms with E-state index in [0.29, 0.717) is 0 Å². The highest BCUT2D eigenvalue weighted by Gasteiger charge is 2.22. The maximum Gasteiger partial charge on any atom is 0.306 e. The van der Waals surface area contributed by atoms with Crippen LogP contribution in [0, 0.1) is 11.8 Å². The average molecular weight is 511 g/mol. The second-order valence-corrected chi connectivity index (χ2v) is 11.4. The van der Waals surface area contributed by atoms with Crippen LogP contribution >= 0.6 is 0 Å². The van der Waals surface area contributed by atoms with Gasteiger partial charge in [0.05, 0.1) is 5.92 Å². The molecule has 0 saturated heterocycles. The first kappa shape index (κ1) is 28.1. The van der Waals surface area contributed by atoms with Gasteiger partial charge in [0.1, 0.15) is 0 Å². The van der Waals surface area contributed by atoms with Crippen molar-refractivity contribution in [3.05, 3.63) is 83.9 Å². The van der Waals surface area contributed by atoms with Crippen LogP contribution in [-0.2, 0) is 11.2 Å². The molecule has 3 aromatic rings. The highest BCUT2D eigenvalue weighted by atomic mass is 16.4. The van der Waals surface area contributed by atoms with E-state index in [1.165, 1.54) is 78.3 Å². The largest absolute Gasteiger partial charge is 0.481 e. The minimum absolute atomic E-state index is 0.210. The van der Waals surface area contributed by atoms with Crippen molar-refractivity contribution in [2.45, 2.75) is 96.8 Å². The maximum absolute atomic E-state index is 11.4. The molecule has 1 aliphatic carbocycles. The van der Waals surface area contributed by atoms with E-state index in [1.807, 2.05) is 0 Å². The lowest BCUT2D eigenvalue weighted by atomic mass is 9.77. The molecule has 0 aliphatic heterocycles. The topological polar surface area (TPSA) is 37.3 Å². The van der Waals surface area contributed by atoms with E-state index in [0.717, 1.165) is 43.9 Å². The first-order chi connectivity index (χ1) is 18.6. The number of carboxylic acids is 1. The Morgan fingerprint density at radius 2 is 1.37 bits per heavy atom. The molecule has 2 heteroatoms. The summed E-state index contributed by atoms with van der Waals surface area (Å²) < 4.78 is 0. The molecule has 0 spiro atoms. The fourth-order valence-electron chi connectivity index (χ4n) is 6.34. The Bertz CT molecular complexity index is 1120. The minimum atomic E-state index is -0.651. The molecule has 1 atom stereocenters. The molecule has 1 aliphatic rings. The Labute approximate surface area is 230 Å². The van der Waals surface area contributed by atoms with Crippen LogP contribution in [0.3, 0.4) is 0 Å². The van der Waals surface area contributed by atoms with Crippen molar-refractivity contribution in [3.8, 4) is 22.3 Å². The van der Waals surface area contributed by atoms with Gasteiger partial charge in [0.2, 0.25) is 0 Å². The smallest absolute Gasteiger partial charge is 0.306 e. The lowest BCUT2D eigenvalue weighted by molar-refractivity contribution is -0.142. The van der Waals surface area contributed by atoms with E-state index in [2.05, 4.69) is 86.6 Å². The van der Waals surface area contributed by atoms with Gasteiger partial charge in [-0.3, -0.25) is 4.79 Å². The van der Waals surface area contributed by atoms with Crippen LogP contribution in [0.25, 0.3) is 22.3 Å². The van der Waals surface area contributed by atoms with E-state index >= 15 is 0 Å². The van der Waals surface area contributed by atoms with Crippen molar-refractivity contribution in [1.29, 1.82) is 0 Å². The molecule has 0 bridgehead atoms. The molecule has 4 rings (SSSR count). The molecule has 1 unspecified atom stereocenters. The molecule has 1 N–H and O–H groups in total. The van der Waals surface area contributed by atoms with E-state index in [4.69, 9.17) is 0 Å². The van der Waals surface area contributed by atoms with Crippen molar-refractivity contribution in [3.63, 3.8) is 0 Å². The summed E-state index contributed by atoms with van der Waals surface area (Å²) in [6.45, 7) is 4.36. The molecule has 1 fully saturated rings. The van der Waals surface area contributed by atoms with Crippen molar-refractivity contribution in [2.75, 3.05) is 0 Å². The number of carboxylic acid groups (broad SMARTS) is 1. The summed E-state index contributed by atoms with van der Waals surface area (Å²) in [4.78, 5) is 11.4. The molecule has 202 valence electrons. The Morgan fingerprint density at radius 3 is 1.92 bits per heavy atom. The van der Waals surface area contributed by atoms with Gasteiger partial charge in [-0.15, -0.1) is 0 Å². The predicted octanol–water partition coefficient (Wildman–Crippen LogP) is 10.3. The molecular formula is C36H46O2. The van der Waals surface area contributed by atoms with Crippen LogP contribution in [0.2, 0.25) is 0 Å². The van der Waals surface area contributed by atoms with Crippen LogP contribution in [0.4, 0.5) is 0 Å². The highest BCUT2D eigenvalue weighted by molar-refractivity contribution is 5.83. The lowest BCUT2D eigenvalue weighted by Gasteiger charge is -2.29. The molecule has 38 heavy (non-hydrogen) atoms. The van der Waals surface area contributed by atoms with Crippen molar-refractivity contribution in [1.82, 2.24) is 0 Å². The van der Waals surface area contributed by atoms with E-state index < -0.39 is 5.97 Å². The molecule has 3 aromatic carbocycles. The second kappa shape index (κ2) is 14.3. The van der Waals surface area contributed by atoms with E-state index in [1.54, 1.807) is 0 Å². The fraction of sp³-hybridized carbons (Fsp3) is 0.472. The summed E-state index contributed by atoms with van der Waals surface area (Å²) in [7, 11) is 0. The lowest BCUT2D eigenvalue weighted by Crippen LogP contribution is -2.13. The van der Waals surface area contributed by atoms with Crippen molar-refractivity contribution < 1.29 is 9.90 Å². The molecule has 0 aromatic heterocycles. The van der Waals surface area contributed by atoms with Gasteiger partial charge in [-0.1, -0.05) is 112 Å². The molecular weight excluding hydrogens is 464 g/mol. The van der Waals surface area contributed by atoms with Gasteiger partial charge in [-0.05, 0) is 96.6 Å². The van der Waals surface area contributed by atoms with Crippen LogP contribution < -0.4 is 0 Å². The quantitative estimate of drug-likeness (QED) is 0.248. The van der Waals surface area contributed by atoms with Gasteiger partial charge < -0.3 is 5.11 Å². The summed E-state index contributed by atoms with van der Waals surface area (Å²) in [6.07, 6.45) is 13.9. The number of aryl methyl sites for hydroxylation is 1. The van der Waals surface area contributed by atoms with Crippen molar-refractivity contribution in [2.24, 2.45) is 11.8 Å². The zero-order valence-corrected chi connectivity index (χ0v) is 23.5. The van der Waals surface area contributed by atoms with Crippen LogP contribution in [0.1, 0.15) is 102 Å². The van der Waals surface area contributed by atoms with Gasteiger partial charge in [-0.2, -0.15) is 0 Å². The Kier molecular flexibility index (Phi) is 10.6. The number of carbonyl (C=O) groups is 1. The Hall–Kier alpha value is -2.87.